The number of hydrogen-bond donors (Lipinski definition) is 0. The summed E-state index contributed by atoms with van der Waals surface area (Å²) < 4.78 is 11.2. The molecule has 1 aliphatic rings. The van der Waals surface area contributed by atoms with Gasteiger partial charge in [-0.05, 0) is 18.2 Å². The normalized spacial score (nSPS) is 23.1. The molecule has 1 heterocycles. The highest BCUT2D eigenvalue weighted by atomic mass is 79.9. The monoisotopic (exact) mass is 270 g/mol. The number of methoxy groups -OCH3 is 1. The zero-order valence-electron chi connectivity index (χ0n) is 8.49. The molecule has 0 saturated heterocycles. The molecule has 0 N–H and O–H groups in total. The zero-order chi connectivity index (χ0) is 11.0. The molecule has 3 nitrogen and oxygen atoms in total. The Kier molecular flexibility index (Phi) is 2.69. The molecule has 0 spiro atoms. The fourth-order valence-corrected chi connectivity index (χ4v) is 2.13. The average Bonchev–Trinajstić information content (AvgIpc) is 2.55. The minimum atomic E-state index is -0.515. The molecule has 2 atom stereocenters. The van der Waals surface area contributed by atoms with Crippen molar-refractivity contribution >= 4 is 21.9 Å². The molecule has 0 aromatic heterocycles. The smallest absolute Gasteiger partial charge is 0.347 e. The van der Waals surface area contributed by atoms with Gasteiger partial charge in [-0.15, -0.1) is 0 Å². The van der Waals surface area contributed by atoms with E-state index >= 15 is 0 Å². The van der Waals surface area contributed by atoms with Crippen LogP contribution in [0.25, 0.3) is 0 Å². The topological polar surface area (TPSA) is 35.5 Å². The number of ether oxygens (including phenoxy) is 2. The second-order valence-corrected chi connectivity index (χ2v) is 4.45. The lowest BCUT2D eigenvalue weighted by Crippen LogP contribution is -2.28. The van der Waals surface area contributed by atoms with E-state index < -0.39 is 6.10 Å². The Morgan fingerprint density at radius 2 is 2.27 bits per heavy atom. The van der Waals surface area contributed by atoms with E-state index in [9.17, 15) is 4.79 Å². The highest BCUT2D eigenvalue weighted by Crippen LogP contribution is 2.39. The van der Waals surface area contributed by atoms with Crippen LogP contribution in [0.4, 0.5) is 0 Å². The van der Waals surface area contributed by atoms with Crippen LogP contribution in [-0.4, -0.2) is 19.2 Å². The van der Waals surface area contributed by atoms with Crippen molar-refractivity contribution in [2.75, 3.05) is 7.11 Å². The van der Waals surface area contributed by atoms with E-state index in [4.69, 9.17) is 9.47 Å². The van der Waals surface area contributed by atoms with Crippen molar-refractivity contribution < 1.29 is 14.3 Å². The minimum absolute atomic E-state index is 0.0324. The van der Waals surface area contributed by atoms with E-state index in [1.54, 1.807) is 0 Å². The lowest BCUT2D eigenvalue weighted by Gasteiger charge is -2.11. The molecule has 0 fully saturated rings. The molecule has 80 valence electrons. The molecule has 0 radical (unpaired) electrons. The van der Waals surface area contributed by atoms with Crippen molar-refractivity contribution in [2.24, 2.45) is 0 Å². The highest BCUT2D eigenvalue weighted by Gasteiger charge is 2.37. The van der Waals surface area contributed by atoms with Crippen molar-refractivity contribution in [3.05, 3.63) is 28.2 Å². The Bertz CT molecular complexity index is 403. The first-order valence-electron chi connectivity index (χ1n) is 4.67. The molecular formula is C11H11BrO3. The maximum absolute atomic E-state index is 11.4. The van der Waals surface area contributed by atoms with Gasteiger partial charge < -0.3 is 9.47 Å². The molecule has 0 bridgehead atoms. The second kappa shape index (κ2) is 3.85. The van der Waals surface area contributed by atoms with Gasteiger partial charge in [-0.2, -0.15) is 0 Å². The summed E-state index contributed by atoms with van der Waals surface area (Å²) in [6.07, 6.45) is -0.515. The molecular weight excluding hydrogens is 260 g/mol. The third kappa shape index (κ3) is 1.74. The average molecular weight is 271 g/mol. The predicted octanol–water partition coefficient (Wildman–Crippen LogP) is 2.49. The van der Waals surface area contributed by atoms with Gasteiger partial charge in [0.1, 0.15) is 5.75 Å². The van der Waals surface area contributed by atoms with E-state index in [-0.39, 0.29) is 11.9 Å². The van der Waals surface area contributed by atoms with Crippen LogP contribution >= 0.6 is 15.9 Å². The molecule has 0 aliphatic carbocycles. The fraction of sp³-hybridized carbons (Fsp3) is 0.364. The Balaban J connectivity index is 2.33. The first kappa shape index (κ1) is 10.5. The van der Waals surface area contributed by atoms with E-state index in [1.807, 2.05) is 25.1 Å². The molecule has 1 aromatic carbocycles. The molecule has 1 aliphatic heterocycles. The number of rotatable bonds is 1. The van der Waals surface area contributed by atoms with E-state index in [0.29, 0.717) is 0 Å². The van der Waals surface area contributed by atoms with Crippen molar-refractivity contribution in [2.45, 2.75) is 18.9 Å². The number of fused-ring (bicyclic) bond motifs is 1. The quantitative estimate of drug-likeness (QED) is 0.736. The molecule has 4 heteroatoms. The Morgan fingerprint density at radius 1 is 1.53 bits per heavy atom. The fourth-order valence-electron chi connectivity index (χ4n) is 1.75. The van der Waals surface area contributed by atoms with Gasteiger partial charge in [0.15, 0.2) is 0 Å². The SMILES string of the molecule is COC(=O)[C@@H]1Oc2ccc(Br)cc2[C@@H]1C. The first-order chi connectivity index (χ1) is 7.13. The maximum atomic E-state index is 11.4. The van der Waals surface area contributed by atoms with Crippen LogP contribution in [0, 0.1) is 0 Å². The number of carbonyl (C=O) groups is 1. The lowest BCUT2D eigenvalue weighted by atomic mass is 9.98. The van der Waals surface area contributed by atoms with Crippen molar-refractivity contribution in [3.63, 3.8) is 0 Å². The predicted molar refractivity (Wildman–Crippen MR) is 59.0 cm³/mol. The summed E-state index contributed by atoms with van der Waals surface area (Å²) in [6.45, 7) is 1.96. The molecule has 15 heavy (non-hydrogen) atoms. The third-order valence-corrected chi connectivity index (χ3v) is 3.10. The number of esters is 1. The van der Waals surface area contributed by atoms with Gasteiger partial charge in [-0.25, -0.2) is 4.79 Å². The first-order valence-corrected chi connectivity index (χ1v) is 5.46. The number of carbonyl (C=O) groups excluding carboxylic acids is 1. The molecule has 2 rings (SSSR count). The Labute approximate surface area is 96.5 Å². The molecule has 0 amide bonds. The number of benzene rings is 1. The van der Waals surface area contributed by atoms with Gasteiger partial charge in [-0.1, -0.05) is 22.9 Å². The van der Waals surface area contributed by atoms with Gasteiger partial charge in [0, 0.05) is 16.0 Å². The van der Waals surface area contributed by atoms with Crippen LogP contribution in [0.3, 0.4) is 0 Å². The van der Waals surface area contributed by atoms with E-state index in [0.717, 1.165) is 15.8 Å². The van der Waals surface area contributed by atoms with Crippen LogP contribution in [0.5, 0.6) is 5.75 Å². The van der Waals surface area contributed by atoms with Crippen molar-refractivity contribution in [3.8, 4) is 5.75 Å². The third-order valence-electron chi connectivity index (χ3n) is 2.60. The summed E-state index contributed by atoms with van der Waals surface area (Å²) in [5, 5.41) is 0. The highest BCUT2D eigenvalue weighted by molar-refractivity contribution is 9.10. The van der Waals surface area contributed by atoms with Crippen molar-refractivity contribution in [1.82, 2.24) is 0 Å². The molecule has 0 unspecified atom stereocenters. The Hall–Kier alpha value is -1.03. The summed E-state index contributed by atoms with van der Waals surface area (Å²) in [6, 6.07) is 5.73. The molecule has 1 aromatic rings. The lowest BCUT2D eigenvalue weighted by molar-refractivity contribution is -0.148. The summed E-state index contributed by atoms with van der Waals surface area (Å²) in [5.41, 5.74) is 1.04. The van der Waals surface area contributed by atoms with Crippen LogP contribution in [0.1, 0.15) is 18.4 Å². The standard InChI is InChI=1S/C11H11BrO3/c1-6-8-5-7(12)3-4-9(8)15-10(6)11(13)14-2/h3-6,10H,1-2H3/t6-,10+/m0/s1. The van der Waals surface area contributed by atoms with Gasteiger partial charge in [0.05, 0.1) is 7.11 Å². The van der Waals surface area contributed by atoms with Gasteiger partial charge >= 0.3 is 5.97 Å². The van der Waals surface area contributed by atoms with E-state index in [1.165, 1.54) is 7.11 Å². The maximum Gasteiger partial charge on any atom is 0.347 e. The van der Waals surface area contributed by atoms with Crippen LogP contribution in [0.2, 0.25) is 0 Å². The largest absolute Gasteiger partial charge is 0.478 e. The second-order valence-electron chi connectivity index (χ2n) is 3.53. The van der Waals surface area contributed by atoms with Gasteiger partial charge in [0.25, 0.3) is 0 Å². The number of halogens is 1. The molecule has 0 saturated carbocycles. The number of hydrogen-bond acceptors (Lipinski definition) is 3. The summed E-state index contributed by atoms with van der Waals surface area (Å²) in [4.78, 5) is 11.4. The van der Waals surface area contributed by atoms with Crippen LogP contribution in [-0.2, 0) is 9.53 Å². The van der Waals surface area contributed by atoms with Gasteiger partial charge in [0.2, 0.25) is 6.10 Å². The van der Waals surface area contributed by atoms with Gasteiger partial charge in [-0.3, -0.25) is 0 Å². The van der Waals surface area contributed by atoms with Crippen molar-refractivity contribution in [1.29, 1.82) is 0 Å². The zero-order valence-corrected chi connectivity index (χ0v) is 10.1. The summed E-state index contributed by atoms with van der Waals surface area (Å²) >= 11 is 3.39. The van der Waals surface area contributed by atoms with E-state index in [2.05, 4.69) is 15.9 Å². The Morgan fingerprint density at radius 3 is 2.93 bits per heavy atom. The summed E-state index contributed by atoms with van der Waals surface area (Å²) in [5.74, 6) is 0.473. The van der Waals surface area contributed by atoms with Crippen LogP contribution < -0.4 is 4.74 Å². The summed E-state index contributed by atoms with van der Waals surface area (Å²) in [7, 11) is 1.37. The van der Waals surface area contributed by atoms with Crippen LogP contribution in [0.15, 0.2) is 22.7 Å². The minimum Gasteiger partial charge on any atom is -0.478 e.